The van der Waals surface area contributed by atoms with Crippen LogP contribution in [0.5, 0.6) is 0 Å². The quantitative estimate of drug-likeness (QED) is 0.692. The summed E-state index contributed by atoms with van der Waals surface area (Å²) in [6.45, 7) is 1.40. The number of nitrogens with zero attached hydrogens (tertiary/aromatic N) is 2. The number of fused-ring (bicyclic) bond motifs is 1. The number of ether oxygens (including phenoxy) is 1. The number of halogens is 1. The highest BCUT2D eigenvalue weighted by atomic mass is 19.1. The number of hydrogen-bond acceptors (Lipinski definition) is 5. The van der Waals surface area contributed by atoms with Crippen LogP contribution in [0.1, 0.15) is 27.1 Å². The molecule has 0 unspecified atom stereocenters. The number of nitrogens with one attached hydrogen (secondary N) is 1. The van der Waals surface area contributed by atoms with Crippen molar-refractivity contribution < 1.29 is 18.7 Å². The molecule has 0 atom stereocenters. The third kappa shape index (κ3) is 2.79. The first kappa shape index (κ1) is 17.0. The molecule has 8 heteroatoms. The van der Waals surface area contributed by atoms with Gasteiger partial charge in [-0.2, -0.15) is 0 Å². The summed E-state index contributed by atoms with van der Waals surface area (Å²) in [6, 6.07) is 5.97. The van der Waals surface area contributed by atoms with Gasteiger partial charge in [-0.25, -0.2) is 14.2 Å². The van der Waals surface area contributed by atoms with E-state index in [2.05, 4.69) is 9.97 Å². The molecular weight excluding hydrogens is 351 g/mol. The molecule has 4 rings (SSSR count). The van der Waals surface area contributed by atoms with Crippen molar-refractivity contribution in [1.82, 2.24) is 14.9 Å². The molecule has 1 aliphatic rings. The molecule has 3 N–H and O–H groups in total. The van der Waals surface area contributed by atoms with Gasteiger partial charge in [0.1, 0.15) is 11.6 Å². The van der Waals surface area contributed by atoms with E-state index in [4.69, 9.17) is 10.5 Å². The molecule has 0 saturated carbocycles. The summed E-state index contributed by atoms with van der Waals surface area (Å²) in [6.07, 6.45) is 2.30. The highest BCUT2D eigenvalue weighted by molar-refractivity contribution is 6.07. The summed E-state index contributed by atoms with van der Waals surface area (Å²) in [4.78, 5) is 32.8. The fourth-order valence-electron chi connectivity index (χ4n) is 3.12. The number of likely N-dealkylation sites (tertiary alicyclic amines) is 1. The molecule has 1 saturated heterocycles. The van der Waals surface area contributed by atoms with Gasteiger partial charge >= 0.3 is 5.97 Å². The van der Waals surface area contributed by atoms with E-state index in [0.717, 1.165) is 6.42 Å². The molecule has 0 spiro atoms. The van der Waals surface area contributed by atoms with Crippen LogP contribution in [0.15, 0.2) is 30.5 Å². The number of esters is 1. The lowest BCUT2D eigenvalue weighted by molar-refractivity contribution is 0.0601. The lowest BCUT2D eigenvalue weighted by Crippen LogP contribution is -2.42. The summed E-state index contributed by atoms with van der Waals surface area (Å²) in [5.41, 5.74) is 7.53. The highest BCUT2D eigenvalue weighted by Crippen LogP contribution is 2.31. The molecule has 7 nitrogen and oxygen atoms in total. The lowest BCUT2D eigenvalue weighted by atomic mass is 10.1. The maximum Gasteiger partial charge on any atom is 0.340 e. The van der Waals surface area contributed by atoms with Crippen LogP contribution < -0.4 is 5.73 Å². The van der Waals surface area contributed by atoms with Crippen molar-refractivity contribution in [1.29, 1.82) is 0 Å². The fourth-order valence-corrected chi connectivity index (χ4v) is 3.12. The van der Waals surface area contributed by atoms with Crippen LogP contribution in [0.4, 0.5) is 10.2 Å². The zero-order valence-corrected chi connectivity index (χ0v) is 14.6. The number of benzene rings is 1. The van der Waals surface area contributed by atoms with E-state index < -0.39 is 11.8 Å². The predicted octanol–water partition coefficient (Wildman–Crippen LogP) is 2.58. The van der Waals surface area contributed by atoms with Crippen molar-refractivity contribution in [3.8, 4) is 11.3 Å². The summed E-state index contributed by atoms with van der Waals surface area (Å²) in [5.74, 6) is -1.09. The van der Waals surface area contributed by atoms with Crippen molar-refractivity contribution in [3.05, 3.63) is 47.4 Å². The Labute approximate surface area is 153 Å². The number of hydrogen-bond donors (Lipinski definition) is 2. The van der Waals surface area contributed by atoms with E-state index in [0.29, 0.717) is 35.2 Å². The van der Waals surface area contributed by atoms with Gasteiger partial charge in [0, 0.05) is 41.5 Å². The summed E-state index contributed by atoms with van der Waals surface area (Å²) < 4.78 is 19.5. The van der Waals surface area contributed by atoms with Crippen LogP contribution in [-0.2, 0) is 4.74 Å². The standard InChI is InChI=1S/C19H17FN4O3/c1-27-19(26)13-9-22-17(21)16-12(13)8-15(23-16)11-4-3-10(7-14(11)20)18(25)24-5-2-6-24/h3-4,7-9,23H,2,5-6H2,1H3,(H2,21,22). The minimum Gasteiger partial charge on any atom is -0.465 e. The van der Waals surface area contributed by atoms with Crippen molar-refractivity contribution in [2.24, 2.45) is 0 Å². The number of nitrogens with two attached hydrogens (primary N) is 1. The van der Waals surface area contributed by atoms with E-state index in [9.17, 15) is 14.0 Å². The molecule has 0 aliphatic carbocycles. The number of methoxy groups -OCH3 is 1. The van der Waals surface area contributed by atoms with Gasteiger partial charge in [-0.05, 0) is 30.7 Å². The third-order valence-electron chi connectivity index (χ3n) is 4.75. The Morgan fingerprint density at radius 2 is 2.07 bits per heavy atom. The zero-order valence-electron chi connectivity index (χ0n) is 14.6. The van der Waals surface area contributed by atoms with E-state index >= 15 is 0 Å². The zero-order chi connectivity index (χ0) is 19.1. The number of carbonyl (C=O) groups is 2. The largest absolute Gasteiger partial charge is 0.465 e. The minimum atomic E-state index is -0.561. The Hall–Kier alpha value is -3.42. The van der Waals surface area contributed by atoms with Gasteiger partial charge in [-0.3, -0.25) is 4.79 Å². The number of rotatable bonds is 3. The molecule has 2 aromatic heterocycles. The third-order valence-corrected chi connectivity index (χ3v) is 4.75. The van der Waals surface area contributed by atoms with Crippen LogP contribution >= 0.6 is 0 Å². The van der Waals surface area contributed by atoms with Crippen LogP contribution in [0.2, 0.25) is 0 Å². The molecule has 1 aromatic carbocycles. The number of nitrogen functional groups attached to an aromatic ring is 1. The summed E-state index contributed by atoms with van der Waals surface area (Å²) in [7, 11) is 1.27. The van der Waals surface area contributed by atoms with Gasteiger partial charge < -0.3 is 20.4 Å². The number of amides is 1. The first-order chi connectivity index (χ1) is 13.0. The Kier molecular flexibility index (Phi) is 4.02. The molecule has 27 heavy (non-hydrogen) atoms. The van der Waals surface area contributed by atoms with Crippen molar-refractivity contribution in [2.45, 2.75) is 6.42 Å². The van der Waals surface area contributed by atoms with E-state index in [1.54, 1.807) is 17.0 Å². The van der Waals surface area contributed by atoms with Crippen molar-refractivity contribution in [3.63, 3.8) is 0 Å². The van der Waals surface area contributed by atoms with Gasteiger partial charge in [0.25, 0.3) is 5.91 Å². The fraction of sp³-hybridized carbons (Fsp3) is 0.211. The second kappa shape index (κ2) is 6.39. The molecule has 138 valence electrons. The Morgan fingerprint density at radius 1 is 1.30 bits per heavy atom. The normalized spacial score (nSPS) is 13.5. The smallest absolute Gasteiger partial charge is 0.340 e. The molecule has 3 aromatic rings. The summed E-state index contributed by atoms with van der Waals surface area (Å²) in [5, 5.41) is 0.490. The number of pyridine rings is 1. The average Bonchev–Trinajstić information content (AvgIpc) is 3.05. The lowest BCUT2D eigenvalue weighted by Gasteiger charge is -2.30. The van der Waals surface area contributed by atoms with Crippen molar-refractivity contribution in [2.75, 3.05) is 25.9 Å². The second-order valence-electron chi connectivity index (χ2n) is 6.36. The predicted molar refractivity (Wildman–Crippen MR) is 97.8 cm³/mol. The Bertz CT molecular complexity index is 1070. The van der Waals surface area contributed by atoms with E-state index in [-0.39, 0.29) is 22.9 Å². The molecule has 3 heterocycles. The number of aromatic amines is 1. The van der Waals surface area contributed by atoms with Gasteiger partial charge in [-0.15, -0.1) is 0 Å². The number of anilines is 1. The van der Waals surface area contributed by atoms with Gasteiger partial charge in [0.15, 0.2) is 0 Å². The Morgan fingerprint density at radius 3 is 2.70 bits per heavy atom. The topological polar surface area (TPSA) is 101 Å². The molecule has 0 bridgehead atoms. The van der Waals surface area contributed by atoms with Crippen LogP contribution in [0.25, 0.3) is 22.2 Å². The van der Waals surface area contributed by atoms with E-state index in [1.165, 1.54) is 25.4 Å². The molecule has 0 radical (unpaired) electrons. The maximum absolute atomic E-state index is 14.7. The van der Waals surface area contributed by atoms with Crippen LogP contribution in [0, 0.1) is 5.82 Å². The number of aromatic nitrogens is 2. The number of carbonyl (C=O) groups excluding carboxylic acids is 2. The SMILES string of the molecule is COC(=O)c1cnc(N)c2[nH]c(-c3ccc(C(=O)N4CCC4)cc3F)cc12. The maximum atomic E-state index is 14.7. The van der Waals surface area contributed by atoms with Crippen molar-refractivity contribution >= 4 is 28.6 Å². The van der Waals surface area contributed by atoms with E-state index in [1.807, 2.05) is 0 Å². The molecular formula is C19H17FN4O3. The first-order valence-electron chi connectivity index (χ1n) is 8.44. The van der Waals surface area contributed by atoms with Gasteiger partial charge in [-0.1, -0.05) is 0 Å². The van der Waals surface area contributed by atoms with Gasteiger partial charge in [0.05, 0.1) is 18.2 Å². The number of H-pyrrole nitrogens is 1. The summed E-state index contributed by atoms with van der Waals surface area (Å²) >= 11 is 0. The molecule has 1 aliphatic heterocycles. The van der Waals surface area contributed by atoms with Crippen LogP contribution in [-0.4, -0.2) is 46.9 Å². The van der Waals surface area contributed by atoms with Crippen LogP contribution in [0.3, 0.4) is 0 Å². The molecule has 1 amide bonds. The highest BCUT2D eigenvalue weighted by Gasteiger charge is 2.23. The Balaban J connectivity index is 1.77. The first-order valence-corrected chi connectivity index (χ1v) is 8.44. The average molecular weight is 368 g/mol. The second-order valence-corrected chi connectivity index (χ2v) is 6.36. The minimum absolute atomic E-state index is 0.176. The molecule has 1 fully saturated rings. The van der Waals surface area contributed by atoms with Gasteiger partial charge in [0.2, 0.25) is 0 Å². The monoisotopic (exact) mass is 368 g/mol.